The number of hydrogen-bond donors (Lipinski definition) is 2. The Bertz CT molecular complexity index is 832. The van der Waals surface area contributed by atoms with E-state index in [0.717, 1.165) is 24.3 Å². The van der Waals surface area contributed by atoms with Crippen molar-refractivity contribution in [2.45, 2.75) is 20.3 Å². The maximum atomic E-state index is 12.1. The predicted molar refractivity (Wildman–Crippen MR) is 111 cm³/mol. The molecule has 0 aliphatic carbocycles. The van der Waals surface area contributed by atoms with Gasteiger partial charge in [-0.2, -0.15) is 5.10 Å². The molecule has 0 spiro atoms. The van der Waals surface area contributed by atoms with Crippen LogP contribution in [0.4, 0.5) is 5.69 Å². The SMILES string of the molecule is CCN(CC)c1ccc(C=NNC(=O)Cc2ccc(OC)c(OC)c2)c(O)c1. The first kappa shape index (κ1) is 21.1. The fraction of sp³-hybridized carbons (Fsp3) is 0.333. The smallest absolute Gasteiger partial charge is 0.244 e. The average molecular weight is 385 g/mol. The van der Waals surface area contributed by atoms with Gasteiger partial charge in [0.2, 0.25) is 5.91 Å². The third-order valence-corrected chi connectivity index (χ3v) is 4.35. The molecule has 0 saturated heterocycles. The first-order valence-electron chi connectivity index (χ1n) is 9.13. The number of hydrogen-bond acceptors (Lipinski definition) is 6. The number of carbonyl (C=O) groups is 1. The molecule has 2 aromatic carbocycles. The number of benzene rings is 2. The Morgan fingerprint density at radius 3 is 2.43 bits per heavy atom. The summed E-state index contributed by atoms with van der Waals surface area (Å²) >= 11 is 0. The lowest BCUT2D eigenvalue weighted by Crippen LogP contribution is -2.21. The molecule has 0 fully saturated rings. The van der Waals surface area contributed by atoms with Crippen LogP contribution in [0, 0.1) is 0 Å². The minimum atomic E-state index is -0.275. The summed E-state index contributed by atoms with van der Waals surface area (Å²) in [5.74, 6) is 1.01. The Morgan fingerprint density at radius 1 is 1.11 bits per heavy atom. The number of hydrazone groups is 1. The van der Waals surface area contributed by atoms with E-state index in [1.54, 1.807) is 44.6 Å². The van der Waals surface area contributed by atoms with Crippen molar-refractivity contribution >= 4 is 17.8 Å². The lowest BCUT2D eigenvalue weighted by molar-refractivity contribution is -0.120. The zero-order valence-corrected chi connectivity index (χ0v) is 16.7. The van der Waals surface area contributed by atoms with Gasteiger partial charge in [-0.25, -0.2) is 5.43 Å². The van der Waals surface area contributed by atoms with Crippen molar-refractivity contribution in [1.29, 1.82) is 0 Å². The molecule has 0 bridgehead atoms. The molecule has 0 aliphatic heterocycles. The van der Waals surface area contributed by atoms with Crippen LogP contribution >= 0.6 is 0 Å². The van der Waals surface area contributed by atoms with Crippen LogP contribution in [-0.2, 0) is 11.2 Å². The molecule has 7 nitrogen and oxygen atoms in total. The van der Waals surface area contributed by atoms with Crippen molar-refractivity contribution in [2.75, 3.05) is 32.2 Å². The number of ether oxygens (including phenoxy) is 2. The quantitative estimate of drug-likeness (QED) is 0.512. The molecule has 0 unspecified atom stereocenters. The summed E-state index contributed by atoms with van der Waals surface area (Å²) in [6.45, 7) is 5.83. The van der Waals surface area contributed by atoms with Gasteiger partial charge in [-0.1, -0.05) is 6.07 Å². The minimum absolute atomic E-state index is 0.113. The normalized spacial score (nSPS) is 10.7. The van der Waals surface area contributed by atoms with Crippen LogP contribution < -0.4 is 19.8 Å². The summed E-state index contributed by atoms with van der Waals surface area (Å²) in [7, 11) is 3.10. The number of methoxy groups -OCH3 is 2. The van der Waals surface area contributed by atoms with Gasteiger partial charge < -0.3 is 19.5 Å². The van der Waals surface area contributed by atoms with Crippen molar-refractivity contribution in [3.8, 4) is 17.2 Å². The van der Waals surface area contributed by atoms with Gasteiger partial charge in [-0.3, -0.25) is 4.79 Å². The van der Waals surface area contributed by atoms with E-state index in [1.165, 1.54) is 6.21 Å². The van der Waals surface area contributed by atoms with E-state index in [4.69, 9.17) is 9.47 Å². The molecule has 0 atom stereocenters. The van der Waals surface area contributed by atoms with Gasteiger partial charge in [0.1, 0.15) is 5.75 Å². The number of rotatable bonds is 9. The van der Waals surface area contributed by atoms with Crippen molar-refractivity contribution in [1.82, 2.24) is 5.43 Å². The zero-order valence-electron chi connectivity index (χ0n) is 16.7. The van der Waals surface area contributed by atoms with Crippen LogP contribution in [0.2, 0.25) is 0 Å². The monoisotopic (exact) mass is 385 g/mol. The Labute approximate surface area is 165 Å². The van der Waals surface area contributed by atoms with E-state index in [0.29, 0.717) is 17.1 Å². The lowest BCUT2D eigenvalue weighted by atomic mass is 10.1. The molecular weight excluding hydrogens is 358 g/mol. The molecule has 0 aliphatic rings. The molecule has 2 aromatic rings. The highest BCUT2D eigenvalue weighted by Crippen LogP contribution is 2.27. The van der Waals surface area contributed by atoms with Crippen molar-refractivity contribution in [2.24, 2.45) is 5.10 Å². The van der Waals surface area contributed by atoms with Crippen LogP contribution in [0.15, 0.2) is 41.5 Å². The summed E-state index contributed by atoms with van der Waals surface area (Å²) in [5, 5.41) is 14.1. The number of phenols is 1. The number of anilines is 1. The number of carbonyl (C=O) groups excluding carboxylic acids is 1. The number of nitrogens with one attached hydrogen (secondary N) is 1. The average Bonchev–Trinajstić information content (AvgIpc) is 2.70. The molecule has 0 saturated carbocycles. The first-order chi connectivity index (χ1) is 13.5. The zero-order chi connectivity index (χ0) is 20.5. The highest BCUT2D eigenvalue weighted by molar-refractivity contribution is 5.86. The number of nitrogens with zero attached hydrogens (tertiary/aromatic N) is 2. The van der Waals surface area contributed by atoms with Crippen LogP contribution in [0.1, 0.15) is 25.0 Å². The molecule has 0 aromatic heterocycles. The Hall–Kier alpha value is -3.22. The van der Waals surface area contributed by atoms with Crippen LogP contribution in [-0.4, -0.2) is 44.5 Å². The third-order valence-electron chi connectivity index (χ3n) is 4.35. The van der Waals surface area contributed by atoms with Crippen molar-refractivity contribution < 1.29 is 19.4 Å². The Morgan fingerprint density at radius 2 is 1.82 bits per heavy atom. The van der Waals surface area contributed by atoms with Crippen LogP contribution in [0.5, 0.6) is 17.2 Å². The molecule has 1 amide bonds. The van der Waals surface area contributed by atoms with Gasteiger partial charge in [-0.15, -0.1) is 0 Å². The molecular formula is C21H27N3O4. The van der Waals surface area contributed by atoms with E-state index in [2.05, 4.69) is 29.3 Å². The summed E-state index contributed by atoms with van der Waals surface area (Å²) in [6, 6.07) is 10.7. The Balaban J connectivity index is 1.98. The highest BCUT2D eigenvalue weighted by Gasteiger charge is 2.08. The molecule has 2 N–H and O–H groups in total. The van der Waals surface area contributed by atoms with E-state index in [1.807, 2.05) is 6.07 Å². The van der Waals surface area contributed by atoms with Crippen molar-refractivity contribution in [3.05, 3.63) is 47.5 Å². The standard InChI is InChI=1S/C21H27N3O4/c1-5-24(6-2)17-9-8-16(18(25)13-17)14-22-23-21(26)12-15-7-10-19(27-3)20(11-15)28-4/h7-11,13-14,25H,5-6,12H2,1-4H3,(H,23,26). The third kappa shape index (κ3) is 5.39. The van der Waals surface area contributed by atoms with E-state index in [-0.39, 0.29) is 18.1 Å². The topological polar surface area (TPSA) is 83.4 Å². The fourth-order valence-electron chi connectivity index (χ4n) is 2.82. The second-order valence-corrected chi connectivity index (χ2v) is 6.07. The highest BCUT2D eigenvalue weighted by atomic mass is 16.5. The van der Waals surface area contributed by atoms with E-state index < -0.39 is 0 Å². The van der Waals surface area contributed by atoms with Crippen LogP contribution in [0.3, 0.4) is 0 Å². The van der Waals surface area contributed by atoms with E-state index >= 15 is 0 Å². The summed E-state index contributed by atoms with van der Waals surface area (Å²) in [5.41, 5.74) is 4.72. The summed E-state index contributed by atoms with van der Waals surface area (Å²) in [6.07, 6.45) is 1.57. The summed E-state index contributed by atoms with van der Waals surface area (Å²) < 4.78 is 10.4. The second-order valence-electron chi connectivity index (χ2n) is 6.07. The van der Waals surface area contributed by atoms with E-state index in [9.17, 15) is 9.90 Å². The summed E-state index contributed by atoms with van der Waals surface area (Å²) in [4.78, 5) is 14.2. The van der Waals surface area contributed by atoms with Crippen molar-refractivity contribution in [3.63, 3.8) is 0 Å². The van der Waals surface area contributed by atoms with Gasteiger partial charge in [0, 0.05) is 30.4 Å². The Kier molecular flexibility index (Phi) is 7.68. The lowest BCUT2D eigenvalue weighted by Gasteiger charge is -2.21. The molecule has 150 valence electrons. The number of phenolic OH excluding ortho intramolecular Hbond substituents is 1. The van der Waals surface area contributed by atoms with Gasteiger partial charge in [-0.05, 0) is 43.7 Å². The predicted octanol–water partition coefficient (Wildman–Crippen LogP) is 2.95. The van der Waals surface area contributed by atoms with Gasteiger partial charge >= 0.3 is 0 Å². The van der Waals surface area contributed by atoms with Gasteiger partial charge in [0.05, 0.1) is 26.9 Å². The van der Waals surface area contributed by atoms with Gasteiger partial charge in [0.15, 0.2) is 11.5 Å². The first-order valence-corrected chi connectivity index (χ1v) is 9.13. The van der Waals surface area contributed by atoms with Crippen LogP contribution in [0.25, 0.3) is 0 Å². The molecule has 2 rings (SSSR count). The maximum Gasteiger partial charge on any atom is 0.244 e. The number of amides is 1. The molecule has 0 heterocycles. The maximum absolute atomic E-state index is 12.1. The molecule has 7 heteroatoms. The second kappa shape index (κ2) is 10.2. The minimum Gasteiger partial charge on any atom is -0.507 e. The fourth-order valence-corrected chi connectivity index (χ4v) is 2.82. The largest absolute Gasteiger partial charge is 0.507 e. The molecule has 0 radical (unpaired) electrons. The van der Waals surface area contributed by atoms with Gasteiger partial charge in [0.25, 0.3) is 0 Å². The number of aromatic hydroxyl groups is 1. The molecule has 28 heavy (non-hydrogen) atoms.